The van der Waals surface area contributed by atoms with E-state index >= 15 is 0 Å². The third kappa shape index (κ3) is 3.88. The fourth-order valence-corrected chi connectivity index (χ4v) is 3.05. The standard InChI is InChI=1S/C15H13BrCl2O/c1-19-15-9-12(18)5-6-13(15)14(16)8-10-3-2-4-11(17)7-10/h2-7,9,14H,8H2,1H3. The molecule has 0 radical (unpaired) electrons. The highest BCUT2D eigenvalue weighted by Gasteiger charge is 2.14. The molecule has 2 aromatic carbocycles. The highest BCUT2D eigenvalue weighted by molar-refractivity contribution is 9.09. The molecule has 1 nitrogen and oxygen atoms in total. The monoisotopic (exact) mass is 358 g/mol. The van der Waals surface area contributed by atoms with Gasteiger partial charge in [-0.3, -0.25) is 0 Å². The first-order valence-corrected chi connectivity index (χ1v) is 7.49. The van der Waals surface area contributed by atoms with E-state index in [-0.39, 0.29) is 4.83 Å². The molecule has 0 fully saturated rings. The van der Waals surface area contributed by atoms with Crippen molar-refractivity contribution in [2.45, 2.75) is 11.2 Å². The normalized spacial score (nSPS) is 12.2. The van der Waals surface area contributed by atoms with Crippen LogP contribution in [0.5, 0.6) is 5.75 Å². The number of benzene rings is 2. The number of ether oxygens (including phenoxy) is 1. The van der Waals surface area contributed by atoms with Crippen molar-refractivity contribution in [2.24, 2.45) is 0 Å². The molecule has 19 heavy (non-hydrogen) atoms. The van der Waals surface area contributed by atoms with Crippen molar-refractivity contribution in [1.29, 1.82) is 0 Å². The van der Waals surface area contributed by atoms with Gasteiger partial charge in [0.15, 0.2) is 0 Å². The summed E-state index contributed by atoms with van der Waals surface area (Å²) in [6, 6.07) is 13.5. The van der Waals surface area contributed by atoms with Gasteiger partial charge in [-0.15, -0.1) is 0 Å². The van der Waals surface area contributed by atoms with E-state index in [1.165, 1.54) is 5.56 Å². The van der Waals surface area contributed by atoms with Crippen LogP contribution < -0.4 is 4.74 Å². The van der Waals surface area contributed by atoms with Gasteiger partial charge in [-0.1, -0.05) is 57.3 Å². The SMILES string of the molecule is COc1cc(Cl)ccc1C(Br)Cc1cccc(Cl)c1. The molecule has 100 valence electrons. The van der Waals surface area contributed by atoms with E-state index in [0.29, 0.717) is 5.02 Å². The molecule has 0 bridgehead atoms. The van der Waals surface area contributed by atoms with Gasteiger partial charge in [-0.2, -0.15) is 0 Å². The largest absolute Gasteiger partial charge is 0.496 e. The summed E-state index contributed by atoms with van der Waals surface area (Å²) in [5.41, 5.74) is 2.25. The maximum atomic E-state index is 6.00. The summed E-state index contributed by atoms with van der Waals surface area (Å²) in [7, 11) is 1.65. The maximum absolute atomic E-state index is 6.00. The molecule has 1 unspecified atom stereocenters. The van der Waals surface area contributed by atoms with Gasteiger partial charge >= 0.3 is 0 Å². The quantitative estimate of drug-likeness (QED) is 0.638. The van der Waals surface area contributed by atoms with Crippen LogP contribution in [0.25, 0.3) is 0 Å². The van der Waals surface area contributed by atoms with Crippen molar-refractivity contribution in [3.8, 4) is 5.75 Å². The zero-order valence-electron chi connectivity index (χ0n) is 10.4. The third-order valence-electron chi connectivity index (χ3n) is 2.84. The molecule has 1 atom stereocenters. The van der Waals surface area contributed by atoms with E-state index in [1.54, 1.807) is 7.11 Å². The van der Waals surface area contributed by atoms with Gasteiger partial charge in [0.25, 0.3) is 0 Å². The van der Waals surface area contributed by atoms with Crippen LogP contribution in [0.15, 0.2) is 42.5 Å². The molecule has 0 spiro atoms. The van der Waals surface area contributed by atoms with E-state index in [2.05, 4.69) is 22.0 Å². The zero-order chi connectivity index (χ0) is 13.8. The minimum absolute atomic E-state index is 0.151. The topological polar surface area (TPSA) is 9.23 Å². The minimum atomic E-state index is 0.151. The molecule has 0 aliphatic carbocycles. The van der Waals surface area contributed by atoms with Crippen LogP contribution in [0.4, 0.5) is 0 Å². The van der Waals surface area contributed by atoms with E-state index in [9.17, 15) is 0 Å². The third-order valence-corrected chi connectivity index (χ3v) is 4.12. The van der Waals surface area contributed by atoms with Crippen molar-refractivity contribution in [1.82, 2.24) is 0 Å². The fourth-order valence-electron chi connectivity index (χ4n) is 1.92. The Kier molecular flexibility index (Phi) is 5.14. The number of hydrogen-bond acceptors (Lipinski definition) is 1. The Labute approximate surface area is 131 Å². The van der Waals surface area contributed by atoms with Gasteiger partial charge < -0.3 is 4.74 Å². The predicted molar refractivity (Wildman–Crippen MR) is 84.8 cm³/mol. The summed E-state index contributed by atoms with van der Waals surface area (Å²) in [6.45, 7) is 0. The minimum Gasteiger partial charge on any atom is -0.496 e. The van der Waals surface area contributed by atoms with Crippen LogP contribution in [0.2, 0.25) is 10.0 Å². The van der Waals surface area contributed by atoms with Gasteiger partial charge in [-0.25, -0.2) is 0 Å². The van der Waals surface area contributed by atoms with E-state index in [4.69, 9.17) is 27.9 Å². The van der Waals surface area contributed by atoms with Crippen LogP contribution in [-0.4, -0.2) is 7.11 Å². The van der Waals surface area contributed by atoms with Crippen molar-refractivity contribution in [3.63, 3.8) is 0 Å². The second kappa shape index (κ2) is 6.65. The van der Waals surface area contributed by atoms with E-state index in [0.717, 1.165) is 22.8 Å². The summed E-state index contributed by atoms with van der Waals surface area (Å²) >= 11 is 15.7. The Bertz CT molecular complexity index is 572. The van der Waals surface area contributed by atoms with Gasteiger partial charge in [0.1, 0.15) is 5.75 Å². The lowest BCUT2D eigenvalue weighted by molar-refractivity contribution is 0.409. The van der Waals surface area contributed by atoms with Crippen LogP contribution >= 0.6 is 39.1 Å². The average molecular weight is 360 g/mol. The zero-order valence-corrected chi connectivity index (χ0v) is 13.5. The molecular weight excluding hydrogens is 347 g/mol. The lowest BCUT2D eigenvalue weighted by atomic mass is 10.0. The summed E-state index contributed by atoms with van der Waals surface area (Å²) in [5.74, 6) is 0.788. The van der Waals surface area contributed by atoms with Crippen LogP contribution in [0.3, 0.4) is 0 Å². The first kappa shape index (κ1) is 14.7. The number of alkyl halides is 1. The molecule has 2 aromatic rings. The first-order valence-electron chi connectivity index (χ1n) is 5.82. The van der Waals surface area contributed by atoms with Crippen molar-refractivity contribution < 1.29 is 4.74 Å². The second-order valence-corrected chi connectivity index (χ2v) is 6.17. The average Bonchev–Trinajstić information content (AvgIpc) is 2.38. The molecular formula is C15H13BrCl2O. The molecule has 0 N–H and O–H groups in total. The van der Waals surface area contributed by atoms with Crippen LogP contribution in [-0.2, 0) is 6.42 Å². The Morgan fingerprint density at radius 2 is 1.84 bits per heavy atom. The smallest absolute Gasteiger partial charge is 0.124 e. The van der Waals surface area contributed by atoms with Gasteiger partial charge in [0, 0.05) is 20.4 Å². The molecule has 0 saturated heterocycles. The molecule has 0 aromatic heterocycles. The molecule has 0 aliphatic heterocycles. The van der Waals surface area contributed by atoms with E-state index < -0.39 is 0 Å². The van der Waals surface area contributed by atoms with Crippen LogP contribution in [0, 0.1) is 0 Å². The van der Waals surface area contributed by atoms with Gasteiger partial charge in [0.2, 0.25) is 0 Å². The van der Waals surface area contributed by atoms with Crippen molar-refractivity contribution in [2.75, 3.05) is 7.11 Å². The molecule has 0 saturated carbocycles. The van der Waals surface area contributed by atoms with Crippen molar-refractivity contribution in [3.05, 3.63) is 63.6 Å². The Morgan fingerprint density at radius 1 is 1.11 bits per heavy atom. The van der Waals surface area contributed by atoms with Crippen molar-refractivity contribution >= 4 is 39.1 Å². The number of hydrogen-bond donors (Lipinski definition) is 0. The molecule has 4 heteroatoms. The highest BCUT2D eigenvalue weighted by Crippen LogP contribution is 2.35. The Hall–Kier alpha value is -0.700. The van der Waals surface area contributed by atoms with Gasteiger partial charge in [0.05, 0.1) is 7.11 Å². The molecule has 0 amide bonds. The Morgan fingerprint density at radius 3 is 2.53 bits per heavy atom. The second-order valence-electron chi connectivity index (χ2n) is 4.19. The van der Waals surface area contributed by atoms with Gasteiger partial charge in [-0.05, 0) is 36.2 Å². The number of rotatable bonds is 4. The maximum Gasteiger partial charge on any atom is 0.124 e. The highest BCUT2D eigenvalue weighted by atomic mass is 79.9. The summed E-state index contributed by atoms with van der Waals surface area (Å²) in [4.78, 5) is 0.151. The first-order chi connectivity index (χ1) is 9.10. The predicted octanol–water partition coefficient (Wildman–Crippen LogP) is 5.68. The molecule has 2 rings (SSSR count). The number of halogens is 3. The van der Waals surface area contributed by atoms with Crippen LogP contribution in [0.1, 0.15) is 16.0 Å². The molecule has 0 aliphatic rings. The summed E-state index contributed by atoms with van der Waals surface area (Å²) in [5, 5.41) is 1.42. The van der Waals surface area contributed by atoms with E-state index in [1.807, 2.05) is 36.4 Å². The lowest BCUT2D eigenvalue weighted by Crippen LogP contribution is -1.99. The lowest BCUT2D eigenvalue weighted by Gasteiger charge is -2.15. The molecule has 0 heterocycles. The fraction of sp³-hybridized carbons (Fsp3) is 0.200. The summed E-state index contributed by atoms with van der Waals surface area (Å²) in [6.07, 6.45) is 0.832. The summed E-state index contributed by atoms with van der Waals surface area (Å²) < 4.78 is 5.37. The Balaban J connectivity index is 2.22. The number of methoxy groups -OCH3 is 1.